The fourth-order valence-electron chi connectivity index (χ4n) is 2.76. The lowest BCUT2D eigenvalue weighted by Crippen LogP contribution is -2.39. The number of hydrogen-bond donors (Lipinski definition) is 0. The number of nitriles is 1. The zero-order valence-electron chi connectivity index (χ0n) is 10.7. The van der Waals surface area contributed by atoms with Crippen molar-refractivity contribution in [1.82, 2.24) is 0 Å². The van der Waals surface area contributed by atoms with E-state index in [-0.39, 0.29) is 0 Å². The van der Waals surface area contributed by atoms with Crippen molar-refractivity contribution in [2.24, 2.45) is 0 Å². The molecule has 1 aliphatic rings. The van der Waals surface area contributed by atoms with Gasteiger partial charge in [0, 0.05) is 18.3 Å². The lowest BCUT2D eigenvalue weighted by Gasteiger charge is -2.37. The number of rotatable bonds is 2. The minimum Gasteiger partial charge on any atom is -0.367 e. The smallest absolute Gasteiger partial charge is 0.0643 e. The largest absolute Gasteiger partial charge is 0.367 e. The van der Waals surface area contributed by atoms with Crippen molar-refractivity contribution in [3.05, 3.63) is 29.3 Å². The molecule has 2 nitrogen and oxygen atoms in total. The summed E-state index contributed by atoms with van der Waals surface area (Å²) in [5.41, 5.74) is 3.95. The van der Waals surface area contributed by atoms with Crippen molar-refractivity contribution < 1.29 is 0 Å². The van der Waals surface area contributed by atoms with E-state index in [1.807, 2.05) is 0 Å². The van der Waals surface area contributed by atoms with Crippen LogP contribution in [0.1, 0.15) is 36.8 Å². The van der Waals surface area contributed by atoms with Crippen LogP contribution < -0.4 is 4.90 Å². The van der Waals surface area contributed by atoms with Gasteiger partial charge in [0.25, 0.3) is 0 Å². The molecule has 1 aromatic carbocycles. The molecule has 0 aromatic heterocycles. The maximum atomic E-state index is 8.92. The van der Waals surface area contributed by atoms with E-state index in [0.717, 1.165) is 13.0 Å². The van der Waals surface area contributed by atoms with Crippen molar-refractivity contribution in [1.29, 1.82) is 5.26 Å². The van der Waals surface area contributed by atoms with Gasteiger partial charge in [0.05, 0.1) is 12.5 Å². The minimum atomic E-state index is 0.412. The highest BCUT2D eigenvalue weighted by Gasteiger charge is 2.23. The van der Waals surface area contributed by atoms with Crippen LogP contribution in [0.4, 0.5) is 5.69 Å². The number of piperidine rings is 1. The molecule has 0 N–H and O–H groups in total. The van der Waals surface area contributed by atoms with Crippen LogP contribution in [0.25, 0.3) is 0 Å². The Bertz CT molecular complexity index is 431. The molecule has 0 aliphatic carbocycles. The second kappa shape index (κ2) is 5.23. The Kier molecular flexibility index (Phi) is 3.68. The molecular weight excluding hydrogens is 208 g/mol. The van der Waals surface area contributed by atoms with E-state index in [1.54, 1.807) is 0 Å². The van der Waals surface area contributed by atoms with Crippen LogP contribution >= 0.6 is 0 Å². The van der Waals surface area contributed by atoms with E-state index in [9.17, 15) is 0 Å². The highest BCUT2D eigenvalue weighted by atomic mass is 15.2. The summed E-state index contributed by atoms with van der Waals surface area (Å²) in [6.45, 7) is 5.39. The SMILES string of the molecule is Cc1ccc(N2CCCCC2CC#N)c(C)c1. The van der Waals surface area contributed by atoms with Crippen LogP contribution in [-0.4, -0.2) is 12.6 Å². The van der Waals surface area contributed by atoms with Crippen LogP contribution in [0.3, 0.4) is 0 Å². The van der Waals surface area contributed by atoms with Crippen molar-refractivity contribution in [3.8, 4) is 6.07 Å². The Balaban J connectivity index is 2.26. The summed E-state index contributed by atoms with van der Waals surface area (Å²) in [6, 6.07) is 9.34. The van der Waals surface area contributed by atoms with Crippen LogP contribution in [-0.2, 0) is 0 Å². The first-order chi connectivity index (χ1) is 8.22. The summed E-state index contributed by atoms with van der Waals surface area (Å²) in [6.07, 6.45) is 4.30. The summed E-state index contributed by atoms with van der Waals surface area (Å²) < 4.78 is 0. The molecule has 1 saturated heterocycles. The lowest BCUT2D eigenvalue weighted by atomic mass is 9.97. The molecule has 1 heterocycles. The summed E-state index contributed by atoms with van der Waals surface area (Å²) in [5, 5.41) is 8.92. The molecule has 90 valence electrons. The normalized spacial score (nSPS) is 20.1. The molecule has 17 heavy (non-hydrogen) atoms. The second-order valence-electron chi connectivity index (χ2n) is 5.00. The predicted octanol–water partition coefficient (Wildman–Crippen LogP) is 3.58. The molecule has 1 aliphatic heterocycles. The topological polar surface area (TPSA) is 27.0 Å². The molecule has 1 unspecified atom stereocenters. The number of aryl methyl sites for hydroxylation is 2. The van der Waals surface area contributed by atoms with Gasteiger partial charge in [-0.05, 0) is 44.7 Å². The molecule has 2 heteroatoms. The third-order valence-corrected chi connectivity index (χ3v) is 3.62. The van der Waals surface area contributed by atoms with E-state index in [2.05, 4.69) is 43.0 Å². The van der Waals surface area contributed by atoms with Crippen molar-refractivity contribution in [2.75, 3.05) is 11.4 Å². The standard InChI is InChI=1S/C15H20N2/c1-12-6-7-15(13(2)11-12)17-10-4-3-5-14(17)8-9-16/h6-7,11,14H,3-5,8,10H2,1-2H3. The average molecular weight is 228 g/mol. The summed E-state index contributed by atoms with van der Waals surface area (Å²) in [7, 11) is 0. The maximum absolute atomic E-state index is 8.92. The fourth-order valence-corrected chi connectivity index (χ4v) is 2.76. The molecule has 0 amide bonds. The van der Waals surface area contributed by atoms with Gasteiger partial charge >= 0.3 is 0 Å². The van der Waals surface area contributed by atoms with E-state index < -0.39 is 0 Å². The third kappa shape index (κ3) is 2.61. The molecule has 1 atom stereocenters. The molecule has 0 bridgehead atoms. The van der Waals surface area contributed by atoms with Gasteiger partial charge in [0.15, 0.2) is 0 Å². The van der Waals surface area contributed by atoms with Crippen molar-refractivity contribution in [3.63, 3.8) is 0 Å². The van der Waals surface area contributed by atoms with Gasteiger partial charge in [-0.25, -0.2) is 0 Å². The number of nitrogens with zero attached hydrogens (tertiary/aromatic N) is 2. The van der Waals surface area contributed by atoms with E-state index in [0.29, 0.717) is 12.5 Å². The number of benzene rings is 1. The van der Waals surface area contributed by atoms with Gasteiger partial charge in [0.1, 0.15) is 0 Å². The third-order valence-electron chi connectivity index (χ3n) is 3.62. The Morgan fingerprint density at radius 2 is 2.18 bits per heavy atom. The van der Waals surface area contributed by atoms with Gasteiger partial charge < -0.3 is 4.90 Å². The Labute approximate surface area is 104 Å². The predicted molar refractivity (Wildman–Crippen MR) is 71.1 cm³/mol. The number of hydrogen-bond acceptors (Lipinski definition) is 2. The summed E-state index contributed by atoms with van der Waals surface area (Å²) in [4.78, 5) is 2.43. The van der Waals surface area contributed by atoms with Crippen LogP contribution in [0.5, 0.6) is 0 Å². The Hall–Kier alpha value is -1.49. The summed E-state index contributed by atoms with van der Waals surface area (Å²) in [5.74, 6) is 0. The average Bonchev–Trinajstić information content (AvgIpc) is 2.31. The quantitative estimate of drug-likeness (QED) is 0.773. The Morgan fingerprint density at radius 3 is 2.88 bits per heavy atom. The maximum Gasteiger partial charge on any atom is 0.0643 e. The first-order valence-corrected chi connectivity index (χ1v) is 6.43. The number of anilines is 1. The molecule has 1 fully saturated rings. The highest BCUT2D eigenvalue weighted by Crippen LogP contribution is 2.29. The molecule has 0 saturated carbocycles. The van der Waals surface area contributed by atoms with Crippen molar-refractivity contribution in [2.45, 2.75) is 45.6 Å². The van der Waals surface area contributed by atoms with Gasteiger partial charge in [-0.15, -0.1) is 0 Å². The zero-order chi connectivity index (χ0) is 12.3. The monoisotopic (exact) mass is 228 g/mol. The van der Waals surface area contributed by atoms with Crippen LogP contribution in [0.15, 0.2) is 18.2 Å². The van der Waals surface area contributed by atoms with Crippen LogP contribution in [0.2, 0.25) is 0 Å². The zero-order valence-corrected chi connectivity index (χ0v) is 10.7. The minimum absolute atomic E-state index is 0.412. The first kappa shape index (κ1) is 12.0. The molecular formula is C15H20N2. The van der Waals surface area contributed by atoms with E-state index in [4.69, 9.17) is 5.26 Å². The fraction of sp³-hybridized carbons (Fsp3) is 0.533. The highest BCUT2D eigenvalue weighted by molar-refractivity contribution is 5.55. The van der Waals surface area contributed by atoms with Gasteiger partial charge in [-0.3, -0.25) is 0 Å². The van der Waals surface area contributed by atoms with Gasteiger partial charge in [-0.2, -0.15) is 5.26 Å². The van der Waals surface area contributed by atoms with Gasteiger partial charge in [-0.1, -0.05) is 17.7 Å². The molecule has 0 spiro atoms. The van der Waals surface area contributed by atoms with Gasteiger partial charge in [0.2, 0.25) is 0 Å². The van der Waals surface area contributed by atoms with Crippen molar-refractivity contribution >= 4 is 5.69 Å². The Morgan fingerprint density at radius 1 is 1.35 bits per heavy atom. The molecule has 0 radical (unpaired) electrons. The molecule has 1 aromatic rings. The molecule has 2 rings (SSSR count). The van der Waals surface area contributed by atoms with E-state index in [1.165, 1.54) is 29.7 Å². The second-order valence-corrected chi connectivity index (χ2v) is 5.00. The summed E-state index contributed by atoms with van der Waals surface area (Å²) >= 11 is 0. The first-order valence-electron chi connectivity index (χ1n) is 6.43. The lowest BCUT2D eigenvalue weighted by molar-refractivity contribution is 0.464. The van der Waals surface area contributed by atoms with E-state index >= 15 is 0 Å². The van der Waals surface area contributed by atoms with Crippen LogP contribution in [0, 0.1) is 25.2 Å².